The molecule has 1 aliphatic heterocycles. The van der Waals surface area contributed by atoms with Crippen LogP contribution in [0, 0.1) is 6.92 Å². The first-order valence-electron chi connectivity index (χ1n) is 9.77. The van der Waals surface area contributed by atoms with Gasteiger partial charge in [-0.2, -0.15) is 0 Å². The number of carbonyl (C=O) groups is 1. The quantitative estimate of drug-likeness (QED) is 0.521. The first-order chi connectivity index (χ1) is 14.6. The van der Waals surface area contributed by atoms with Crippen molar-refractivity contribution in [3.63, 3.8) is 0 Å². The molecule has 30 heavy (non-hydrogen) atoms. The zero-order chi connectivity index (χ0) is 21.1. The number of nitrogens with zero attached hydrogens (tertiary/aromatic N) is 3. The molecule has 0 radical (unpaired) electrons. The van der Waals surface area contributed by atoms with Crippen LogP contribution in [0.2, 0.25) is 0 Å². The fourth-order valence-corrected chi connectivity index (χ4v) is 4.27. The lowest BCUT2D eigenvalue weighted by Crippen LogP contribution is -2.28. The van der Waals surface area contributed by atoms with Gasteiger partial charge in [0.15, 0.2) is 5.17 Å². The molecule has 1 saturated heterocycles. The monoisotopic (exact) mass is 417 g/mol. The number of aliphatic imine (C=N–C) groups is 1. The molecular weight excluding hydrogens is 394 g/mol. The number of carbonyl (C=O) groups excluding carboxylic acids is 1. The van der Waals surface area contributed by atoms with E-state index in [0.29, 0.717) is 16.6 Å². The molecule has 6 heteroatoms. The van der Waals surface area contributed by atoms with Crippen molar-refractivity contribution in [2.75, 3.05) is 13.7 Å². The topological polar surface area (TPSA) is 46.8 Å². The van der Waals surface area contributed by atoms with Crippen molar-refractivity contribution < 1.29 is 9.53 Å². The van der Waals surface area contributed by atoms with Crippen LogP contribution in [0.1, 0.15) is 18.2 Å². The van der Waals surface area contributed by atoms with E-state index in [-0.39, 0.29) is 5.91 Å². The number of aromatic nitrogens is 1. The van der Waals surface area contributed by atoms with Crippen LogP contribution >= 0.6 is 11.8 Å². The lowest BCUT2D eigenvalue weighted by molar-refractivity contribution is -0.122. The molecule has 0 atom stereocenters. The second-order valence-electron chi connectivity index (χ2n) is 6.89. The van der Waals surface area contributed by atoms with Crippen molar-refractivity contribution in [2.45, 2.75) is 13.8 Å². The Kier molecular flexibility index (Phi) is 5.77. The van der Waals surface area contributed by atoms with Gasteiger partial charge in [-0.25, -0.2) is 4.99 Å². The minimum absolute atomic E-state index is 0.0218. The molecule has 3 aromatic rings. The van der Waals surface area contributed by atoms with Gasteiger partial charge >= 0.3 is 0 Å². The fourth-order valence-electron chi connectivity index (χ4n) is 3.22. The second kappa shape index (κ2) is 8.63. The maximum atomic E-state index is 13.0. The molecule has 0 N–H and O–H groups in total. The summed E-state index contributed by atoms with van der Waals surface area (Å²) in [5.41, 5.74) is 4.02. The number of benzene rings is 2. The lowest BCUT2D eigenvalue weighted by Gasteiger charge is -2.12. The van der Waals surface area contributed by atoms with Gasteiger partial charge in [-0.1, -0.05) is 17.7 Å². The van der Waals surface area contributed by atoms with E-state index in [4.69, 9.17) is 4.74 Å². The van der Waals surface area contributed by atoms with Crippen LogP contribution in [-0.4, -0.2) is 34.2 Å². The maximum absolute atomic E-state index is 13.0. The average Bonchev–Trinajstić information content (AvgIpc) is 3.34. The van der Waals surface area contributed by atoms with Crippen molar-refractivity contribution in [2.24, 2.45) is 4.99 Å². The predicted molar refractivity (Wildman–Crippen MR) is 124 cm³/mol. The number of amidine groups is 1. The van der Waals surface area contributed by atoms with Gasteiger partial charge in [-0.05, 0) is 80.2 Å². The third-order valence-electron chi connectivity index (χ3n) is 4.87. The van der Waals surface area contributed by atoms with Crippen LogP contribution < -0.4 is 4.74 Å². The molecule has 5 nitrogen and oxygen atoms in total. The van der Waals surface area contributed by atoms with Gasteiger partial charge in [0.05, 0.1) is 17.7 Å². The van der Waals surface area contributed by atoms with E-state index in [1.54, 1.807) is 12.0 Å². The van der Waals surface area contributed by atoms with E-state index >= 15 is 0 Å². The molecule has 2 heterocycles. The summed E-state index contributed by atoms with van der Waals surface area (Å²) >= 11 is 1.40. The Morgan fingerprint density at radius 1 is 1.07 bits per heavy atom. The number of amides is 1. The standard InChI is InChI=1S/C24H23N3O2S/c1-4-26-23(28)22(30-24(26)25-18-9-13-21(29-3)14-10-18)16-20-6-5-15-27(20)19-11-7-17(2)8-12-19/h5-16H,4H2,1-3H3/b22-16+,25-24?. The second-order valence-corrected chi connectivity index (χ2v) is 7.90. The highest BCUT2D eigenvalue weighted by molar-refractivity contribution is 8.18. The zero-order valence-electron chi connectivity index (χ0n) is 17.2. The molecule has 1 aliphatic rings. The predicted octanol–water partition coefficient (Wildman–Crippen LogP) is 5.42. The summed E-state index contributed by atoms with van der Waals surface area (Å²) in [6.07, 6.45) is 3.94. The molecule has 2 aromatic carbocycles. The van der Waals surface area contributed by atoms with Gasteiger partial charge in [0.25, 0.3) is 5.91 Å². The summed E-state index contributed by atoms with van der Waals surface area (Å²) in [5.74, 6) is 0.755. The summed E-state index contributed by atoms with van der Waals surface area (Å²) in [4.78, 5) is 20.0. The number of methoxy groups -OCH3 is 1. The summed E-state index contributed by atoms with van der Waals surface area (Å²) < 4.78 is 7.28. The first kappa shape index (κ1) is 20.0. The maximum Gasteiger partial charge on any atom is 0.266 e. The summed E-state index contributed by atoms with van der Waals surface area (Å²) in [6, 6.07) is 19.8. The Balaban J connectivity index is 1.65. The van der Waals surface area contributed by atoms with Gasteiger partial charge in [-0.3, -0.25) is 9.69 Å². The first-order valence-corrected chi connectivity index (χ1v) is 10.6. The number of ether oxygens (including phenoxy) is 1. The van der Waals surface area contributed by atoms with Crippen molar-refractivity contribution in [1.82, 2.24) is 9.47 Å². The van der Waals surface area contributed by atoms with E-state index in [1.165, 1.54) is 17.3 Å². The zero-order valence-corrected chi connectivity index (χ0v) is 18.0. The van der Waals surface area contributed by atoms with Crippen LogP contribution in [0.4, 0.5) is 5.69 Å². The summed E-state index contributed by atoms with van der Waals surface area (Å²) in [7, 11) is 1.63. The SMILES string of the molecule is CCN1C(=O)/C(=C\c2cccn2-c2ccc(C)cc2)SC1=Nc1ccc(OC)cc1. The molecule has 0 aliphatic carbocycles. The van der Waals surface area contributed by atoms with Gasteiger partial charge in [0.2, 0.25) is 0 Å². The van der Waals surface area contributed by atoms with Crippen molar-refractivity contribution in [3.05, 3.63) is 83.0 Å². The van der Waals surface area contributed by atoms with E-state index in [9.17, 15) is 4.79 Å². The molecule has 4 rings (SSSR count). The third-order valence-corrected chi connectivity index (χ3v) is 5.88. The largest absolute Gasteiger partial charge is 0.497 e. The van der Waals surface area contributed by atoms with Crippen molar-refractivity contribution >= 4 is 34.6 Å². The van der Waals surface area contributed by atoms with Crippen LogP contribution in [0.5, 0.6) is 5.75 Å². The lowest BCUT2D eigenvalue weighted by atomic mass is 10.2. The number of rotatable bonds is 5. The molecule has 0 spiro atoms. The van der Waals surface area contributed by atoms with E-state index in [1.807, 2.05) is 55.6 Å². The van der Waals surface area contributed by atoms with Gasteiger partial charge in [0.1, 0.15) is 5.75 Å². The Labute approximate surface area is 180 Å². The molecule has 1 fully saturated rings. The Morgan fingerprint density at radius 3 is 2.47 bits per heavy atom. The molecule has 0 unspecified atom stereocenters. The highest BCUT2D eigenvalue weighted by Gasteiger charge is 2.32. The molecule has 0 saturated carbocycles. The van der Waals surface area contributed by atoms with Crippen LogP contribution in [-0.2, 0) is 4.79 Å². The minimum atomic E-state index is -0.0218. The van der Waals surface area contributed by atoms with Gasteiger partial charge < -0.3 is 9.30 Å². The highest BCUT2D eigenvalue weighted by atomic mass is 32.2. The van der Waals surface area contributed by atoms with Crippen LogP contribution in [0.3, 0.4) is 0 Å². The number of thioether (sulfide) groups is 1. The number of aryl methyl sites for hydroxylation is 1. The van der Waals surface area contributed by atoms with Crippen molar-refractivity contribution in [3.8, 4) is 11.4 Å². The van der Waals surface area contributed by atoms with Crippen LogP contribution in [0.15, 0.2) is 76.8 Å². The van der Waals surface area contributed by atoms with E-state index < -0.39 is 0 Å². The smallest absolute Gasteiger partial charge is 0.266 e. The van der Waals surface area contributed by atoms with Crippen LogP contribution in [0.25, 0.3) is 11.8 Å². The Morgan fingerprint density at radius 2 is 1.80 bits per heavy atom. The fraction of sp³-hybridized carbons (Fsp3) is 0.167. The van der Waals surface area contributed by atoms with Crippen molar-refractivity contribution in [1.29, 1.82) is 0 Å². The molecular formula is C24H23N3O2S. The van der Waals surface area contributed by atoms with E-state index in [2.05, 4.69) is 40.7 Å². The number of hydrogen-bond donors (Lipinski definition) is 0. The molecule has 152 valence electrons. The average molecular weight is 418 g/mol. The van der Waals surface area contributed by atoms with Gasteiger partial charge in [0, 0.05) is 24.1 Å². The minimum Gasteiger partial charge on any atom is -0.497 e. The summed E-state index contributed by atoms with van der Waals surface area (Å²) in [5, 5.41) is 0.687. The Hall–Kier alpha value is -3.25. The van der Waals surface area contributed by atoms with E-state index in [0.717, 1.165) is 22.8 Å². The van der Waals surface area contributed by atoms with Gasteiger partial charge in [-0.15, -0.1) is 0 Å². The number of hydrogen-bond acceptors (Lipinski definition) is 4. The molecule has 0 bridgehead atoms. The third kappa shape index (κ3) is 4.04. The highest BCUT2D eigenvalue weighted by Crippen LogP contribution is 2.34. The molecule has 1 amide bonds. The normalized spacial score (nSPS) is 16.6. The molecule has 1 aromatic heterocycles. The number of likely N-dealkylation sites (N-methyl/N-ethyl adjacent to an activating group) is 1. The summed E-state index contributed by atoms with van der Waals surface area (Å²) in [6.45, 7) is 4.59. The Bertz CT molecular complexity index is 1110.